The third kappa shape index (κ3) is 3.41. The number of likely N-dealkylation sites (N-methyl/N-ethyl adjacent to an activating group) is 1. The van der Waals surface area contributed by atoms with Gasteiger partial charge in [0, 0.05) is 39.3 Å². The molecule has 1 aliphatic rings. The van der Waals surface area contributed by atoms with Crippen LogP contribution in [0.3, 0.4) is 0 Å². The molecule has 0 radical (unpaired) electrons. The van der Waals surface area contributed by atoms with Crippen LogP contribution in [-0.4, -0.2) is 60.5 Å². The van der Waals surface area contributed by atoms with E-state index in [0.29, 0.717) is 18.8 Å². The summed E-state index contributed by atoms with van der Waals surface area (Å²) in [6.07, 6.45) is 1.41. The Morgan fingerprint density at radius 3 is 2.75 bits per heavy atom. The normalized spacial score (nSPS) is 14.9. The van der Waals surface area contributed by atoms with Gasteiger partial charge in [-0.25, -0.2) is 0 Å². The molecule has 0 atom stereocenters. The van der Waals surface area contributed by atoms with Crippen LogP contribution in [0, 0.1) is 10.1 Å². The number of carbonyl (C=O) groups is 1. The maximum atomic E-state index is 12.1. The van der Waals surface area contributed by atoms with Gasteiger partial charge in [0.05, 0.1) is 12.2 Å². The standard InChI is InChI=1S/C12H17N5O3/c1-15(9-12(18)16-6-4-13-5-7-16)10-2-3-11(14-8-10)17(19)20/h2-3,8,13H,4-7,9H2,1H3. The van der Waals surface area contributed by atoms with Crippen molar-refractivity contribution in [1.29, 1.82) is 0 Å². The van der Waals surface area contributed by atoms with Gasteiger partial charge in [0.25, 0.3) is 0 Å². The second kappa shape index (κ2) is 6.29. The molecule has 2 rings (SSSR count). The molecule has 1 aromatic heterocycles. The maximum absolute atomic E-state index is 12.1. The summed E-state index contributed by atoms with van der Waals surface area (Å²) in [5.41, 5.74) is 0.680. The fourth-order valence-corrected chi connectivity index (χ4v) is 2.02. The molecule has 1 aliphatic heterocycles. The summed E-state index contributed by atoms with van der Waals surface area (Å²) in [6.45, 7) is 3.29. The van der Waals surface area contributed by atoms with Crippen LogP contribution in [0.5, 0.6) is 0 Å². The van der Waals surface area contributed by atoms with Crippen molar-refractivity contribution in [3.8, 4) is 0 Å². The number of hydrogen-bond acceptors (Lipinski definition) is 6. The lowest BCUT2D eigenvalue weighted by atomic mass is 10.3. The van der Waals surface area contributed by atoms with Gasteiger partial charge in [0.15, 0.2) is 6.20 Å². The lowest BCUT2D eigenvalue weighted by Crippen LogP contribution is -2.49. The molecule has 1 saturated heterocycles. The Morgan fingerprint density at radius 2 is 2.20 bits per heavy atom. The van der Waals surface area contributed by atoms with Crippen molar-refractivity contribution in [3.63, 3.8) is 0 Å². The number of piperazine rings is 1. The Kier molecular flexibility index (Phi) is 4.46. The van der Waals surface area contributed by atoms with Crippen LogP contribution >= 0.6 is 0 Å². The number of nitrogens with zero attached hydrogens (tertiary/aromatic N) is 4. The third-order valence-corrected chi connectivity index (χ3v) is 3.20. The number of nitrogens with one attached hydrogen (secondary N) is 1. The summed E-state index contributed by atoms with van der Waals surface area (Å²) >= 11 is 0. The van der Waals surface area contributed by atoms with E-state index in [9.17, 15) is 14.9 Å². The second-order valence-corrected chi connectivity index (χ2v) is 4.62. The van der Waals surface area contributed by atoms with Gasteiger partial charge in [-0.3, -0.25) is 4.79 Å². The van der Waals surface area contributed by atoms with Gasteiger partial charge in [-0.15, -0.1) is 0 Å². The molecule has 1 N–H and O–H groups in total. The maximum Gasteiger partial charge on any atom is 0.363 e. The van der Waals surface area contributed by atoms with Crippen molar-refractivity contribution >= 4 is 17.4 Å². The zero-order chi connectivity index (χ0) is 14.5. The molecular weight excluding hydrogens is 262 g/mol. The minimum atomic E-state index is -0.546. The Hall–Kier alpha value is -2.22. The number of amides is 1. The van der Waals surface area contributed by atoms with Gasteiger partial charge in [0.1, 0.15) is 0 Å². The topological polar surface area (TPSA) is 91.6 Å². The summed E-state index contributed by atoms with van der Waals surface area (Å²) in [6, 6.07) is 2.93. The van der Waals surface area contributed by atoms with E-state index in [1.807, 2.05) is 4.90 Å². The Labute approximate surface area is 116 Å². The fraction of sp³-hybridized carbons (Fsp3) is 0.500. The van der Waals surface area contributed by atoms with Crippen LogP contribution in [-0.2, 0) is 4.79 Å². The first kappa shape index (κ1) is 14.2. The van der Waals surface area contributed by atoms with Crippen molar-refractivity contribution < 1.29 is 9.72 Å². The predicted molar refractivity (Wildman–Crippen MR) is 73.6 cm³/mol. The number of carbonyl (C=O) groups excluding carboxylic acids is 1. The highest BCUT2D eigenvalue weighted by atomic mass is 16.6. The summed E-state index contributed by atoms with van der Waals surface area (Å²) in [5.74, 6) is -0.150. The third-order valence-electron chi connectivity index (χ3n) is 3.20. The first-order chi connectivity index (χ1) is 9.58. The fourth-order valence-electron chi connectivity index (χ4n) is 2.02. The van der Waals surface area contributed by atoms with E-state index < -0.39 is 4.92 Å². The molecular formula is C12H17N5O3. The summed E-state index contributed by atoms with van der Waals surface area (Å²) in [5, 5.41) is 13.7. The van der Waals surface area contributed by atoms with E-state index in [-0.39, 0.29) is 18.3 Å². The number of hydrogen-bond donors (Lipinski definition) is 1. The van der Waals surface area contributed by atoms with Crippen LogP contribution in [0.15, 0.2) is 18.3 Å². The molecule has 1 fully saturated rings. The van der Waals surface area contributed by atoms with Crippen LogP contribution in [0.25, 0.3) is 0 Å². The molecule has 20 heavy (non-hydrogen) atoms. The van der Waals surface area contributed by atoms with Crippen LogP contribution in [0.4, 0.5) is 11.5 Å². The molecule has 2 heterocycles. The van der Waals surface area contributed by atoms with Crippen LogP contribution < -0.4 is 10.2 Å². The van der Waals surface area contributed by atoms with Gasteiger partial charge >= 0.3 is 5.82 Å². The zero-order valence-electron chi connectivity index (χ0n) is 11.3. The summed E-state index contributed by atoms with van der Waals surface area (Å²) in [4.78, 5) is 29.4. The average molecular weight is 279 g/mol. The quantitative estimate of drug-likeness (QED) is 0.609. The number of rotatable bonds is 4. The van der Waals surface area contributed by atoms with E-state index in [4.69, 9.17) is 0 Å². The molecule has 0 bridgehead atoms. The van der Waals surface area contributed by atoms with Gasteiger partial charge in [-0.2, -0.15) is 0 Å². The first-order valence-electron chi connectivity index (χ1n) is 6.38. The lowest BCUT2D eigenvalue weighted by Gasteiger charge is -2.29. The van der Waals surface area contributed by atoms with Crippen molar-refractivity contribution in [2.24, 2.45) is 0 Å². The number of anilines is 1. The molecule has 8 nitrogen and oxygen atoms in total. The molecule has 0 spiro atoms. The lowest BCUT2D eigenvalue weighted by molar-refractivity contribution is -0.389. The molecule has 0 aliphatic carbocycles. The average Bonchev–Trinajstić information content (AvgIpc) is 2.48. The molecule has 0 saturated carbocycles. The molecule has 0 unspecified atom stereocenters. The minimum Gasteiger partial charge on any atom is -0.362 e. The highest BCUT2D eigenvalue weighted by Crippen LogP contribution is 2.15. The van der Waals surface area contributed by atoms with E-state index in [1.54, 1.807) is 18.0 Å². The number of aromatic nitrogens is 1. The Bertz CT molecular complexity index is 484. The van der Waals surface area contributed by atoms with Crippen LogP contribution in [0.2, 0.25) is 0 Å². The molecule has 1 aromatic rings. The summed E-state index contributed by atoms with van der Waals surface area (Å²) < 4.78 is 0. The minimum absolute atomic E-state index is 0.0485. The summed E-state index contributed by atoms with van der Waals surface area (Å²) in [7, 11) is 1.77. The highest BCUT2D eigenvalue weighted by Gasteiger charge is 2.18. The number of nitro groups is 1. The molecule has 0 aromatic carbocycles. The van der Waals surface area contributed by atoms with Crippen molar-refractivity contribution in [3.05, 3.63) is 28.4 Å². The first-order valence-corrected chi connectivity index (χ1v) is 6.38. The monoisotopic (exact) mass is 279 g/mol. The van der Waals surface area contributed by atoms with Crippen molar-refractivity contribution in [2.45, 2.75) is 0 Å². The Balaban J connectivity index is 1.94. The smallest absolute Gasteiger partial charge is 0.362 e. The van der Waals surface area contributed by atoms with Crippen molar-refractivity contribution in [1.82, 2.24) is 15.2 Å². The van der Waals surface area contributed by atoms with Gasteiger partial charge in [0.2, 0.25) is 5.91 Å². The van der Waals surface area contributed by atoms with Gasteiger partial charge in [-0.05, 0) is 16.0 Å². The highest BCUT2D eigenvalue weighted by molar-refractivity contribution is 5.81. The van der Waals surface area contributed by atoms with E-state index in [2.05, 4.69) is 10.3 Å². The van der Waals surface area contributed by atoms with Gasteiger partial charge < -0.3 is 25.2 Å². The van der Waals surface area contributed by atoms with E-state index in [1.165, 1.54) is 12.3 Å². The Morgan fingerprint density at radius 1 is 1.50 bits per heavy atom. The molecule has 1 amide bonds. The zero-order valence-corrected chi connectivity index (χ0v) is 11.3. The van der Waals surface area contributed by atoms with E-state index in [0.717, 1.165) is 13.1 Å². The predicted octanol–water partition coefficient (Wildman–Crippen LogP) is -0.142. The largest absolute Gasteiger partial charge is 0.363 e. The van der Waals surface area contributed by atoms with Crippen molar-refractivity contribution in [2.75, 3.05) is 44.7 Å². The number of pyridine rings is 1. The second-order valence-electron chi connectivity index (χ2n) is 4.62. The molecule has 8 heteroatoms. The SMILES string of the molecule is CN(CC(=O)N1CCNCC1)c1ccc([N+](=O)[O-])nc1. The van der Waals surface area contributed by atoms with Crippen LogP contribution in [0.1, 0.15) is 0 Å². The van der Waals surface area contributed by atoms with E-state index >= 15 is 0 Å². The van der Waals surface area contributed by atoms with Gasteiger partial charge in [-0.1, -0.05) is 0 Å². The molecule has 108 valence electrons.